The van der Waals surface area contributed by atoms with Crippen LogP contribution in [0.15, 0.2) is 115 Å². The summed E-state index contributed by atoms with van der Waals surface area (Å²) in [5.41, 5.74) is 4.60. The second kappa shape index (κ2) is 33.4. The molecule has 0 saturated carbocycles. The van der Waals surface area contributed by atoms with Gasteiger partial charge in [-0.3, -0.25) is 0 Å². The topological polar surface area (TPSA) is 163 Å². The maximum atomic E-state index is 13.8. The second-order valence-electron chi connectivity index (χ2n) is 23.9. The number of carbonyl (C=O) groups excluding carboxylic acids is 2. The molecule has 0 amide bonds. The summed E-state index contributed by atoms with van der Waals surface area (Å²) < 4.78 is 83.0. The van der Waals surface area contributed by atoms with Crippen LogP contribution in [0.1, 0.15) is 101 Å². The van der Waals surface area contributed by atoms with Crippen LogP contribution in [0, 0.1) is 0 Å². The van der Waals surface area contributed by atoms with Crippen molar-refractivity contribution in [1.82, 2.24) is 0 Å². The summed E-state index contributed by atoms with van der Waals surface area (Å²) >= 11 is -0.0576. The fourth-order valence-electron chi connectivity index (χ4n) is 9.52. The molecule has 3 unspecified atom stereocenters. The largest absolute Gasteiger partial charge is 0.539 e. The van der Waals surface area contributed by atoms with Gasteiger partial charge in [-0.25, -0.2) is 4.79 Å². The van der Waals surface area contributed by atoms with Crippen molar-refractivity contribution in [2.45, 2.75) is 153 Å². The molecule has 2 aliphatic heterocycles. The van der Waals surface area contributed by atoms with E-state index in [4.69, 9.17) is 66.2 Å². The van der Waals surface area contributed by atoms with Crippen molar-refractivity contribution in [3.8, 4) is 23.0 Å². The summed E-state index contributed by atoms with van der Waals surface area (Å²) in [5.74, 6) is -0.398. The van der Waals surface area contributed by atoms with Crippen molar-refractivity contribution in [3.63, 3.8) is 0 Å². The molecule has 2 aliphatic rings. The predicted octanol–water partition coefficient (Wildman–Crippen LogP) is 11.2. The van der Waals surface area contributed by atoms with Gasteiger partial charge in [-0.2, -0.15) is 0 Å². The van der Waals surface area contributed by atoms with E-state index in [1.165, 1.54) is 11.6 Å². The van der Waals surface area contributed by atoms with Gasteiger partial charge >= 0.3 is 296 Å². The van der Waals surface area contributed by atoms with Gasteiger partial charge in [-0.05, 0) is 50.3 Å². The van der Waals surface area contributed by atoms with Crippen LogP contribution in [0.25, 0.3) is 0 Å². The van der Waals surface area contributed by atoms with Gasteiger partial charge in [-0.1, -0.05) is 50.0 Å². The van der Waals surface area contributed by atoms with Crippen LogP contribution in [0.3, 0.4) is 0 Å². The Morgan fingerprint density at radius 2 is 1.00 bits per heavy atom. The molecule has 2 saturated heterocycles. The third-order valence-corrected chi connectivity index (χ3v) is 17.6. The minimum Gasteiger partial charge on any atom is -0.539 e. The molecule has 7 rings (SSSR count). The van der Waals surface area contributed by atoms with E-state index in [0.29, 0.717) is 73.4 Å². The van der Waals surface area contributed by atoms with E-state index in [-0.39, 0.29) is 57.8 Å². The van der Waals surface area contributed by atoms with Gasteiger partial charge in [-0.15, -0.1) is 0 Å². The molecule has 85 heavy (non-hydrogen) atoms. The van der Waals surface area contributed by atoms with E-state index in [1.807, 2.05) is 119 Å². The fourth-order valence-corrected chi connectivity index (χ4v) is 13.0. The van der Waals surface area contributed by atoms with E-state index in [9.17, 15) is 9.59 Å². The summed E-state index contributed by atoms with van der Waals surface area (Å²) in [6.07, 6.45) is 2.74. The Bertz CT molecular complexity index is 2820. The van der Waals surface area contributed by atoms with Gasteiger partial charge < -0.3 is 33.1 Å². The number of aryl methyl sites for hydroxylation is 1. The van der Waals surface area contributed by atoms with Crippen LogP contribution in [-0.4, -0.2) is 148 Å². The van der Waals surface area contributed by atoms with Crippen LogP contribution in [-0.2, 0) is 66.8 Å². The van der Waals surface area contributed by atoms with Crippen molar-refractivity contribution < 1.29 is 75.7 Å². The van der Waals surface area contributed by atoms with Crippen molar-refractivity contribution >= 4 is 61.4 Å². The maximum absolute atomic E-state index is 13.8. The molecule has 2 radical (unpaired) electrons. The van der Waals surface area contributed by atoms with E-state index < -0.39 is 39.4 Å². The predicted molar refractivity (Wildman–Crippen MR) is 337 cm³/mol. The third kappa shape index (κ3) is 23.2. The molecule has 460 valence electrons. The molecular weight excluding hydrogens is 1180 g/mol. The molecule has 0 aliphatic carbocycles. The summed E-state index contributed by atoms with van der Waals surface area (Å²) in [6.45, 7) is 22.2. The molecule has 2 heterocycles. The second-order valence-corrected chi connectivity index (χ2v) is 36.6. The number of hydrogen-bond acceptors (Lipinski definition) is 16. The Morgan fingerprint density at radius 1 is 0.565 bits per heavy atom. The molecular formula is C64H88B2O16SeSi2. The Balaban J connectivity index is 0.000000276. The Labute approximate surface area is 514 Å². The summed E-state index contributed by atoms with van der Waals surface area (Å²) in [4.78, 5) is 27.0. The van der Waals surface area contributed by atoms with Crippen LogP contribution < -0.4 is 23.4 Å². The molecule has 5 aromatic carbocycles. The van der Waals surface area contributed by atoms with Crippen LogP contribution in [0.2, 0.25) is 39.3 Å². The molecule has 21 heteroatoms. The Morgan fingerprint density at radius 3 is 1.47 bits per heavy atom. The number of methoxy groups -OCH3 is 4. The minimum atomic E-state index is -1.80. The first-order valence-electron chi connectivity index (χ1n) is 28.9. The average molecular weight is 1270 g/mol. The first-order chi connectivity index (χ1) is 40.5. The zero-order chi connectivity index (χ0) is 61.6. The SMILES string of the molecule is COCOc1cc(OC)cc(C(CC[C@@H]2OC(C)(C)OC2COCc2ccccc2)[Se]c2ccccc2)c1C(=O)O[B][Si](C)(C)C.COCOc1cc(OC)cc(CCC[C@@H]2OC(C)(C)OC2COCc2ccccc2)c1C(=O)O[B][Si](C)(C)C. The van der Waals surface area contributed by atoms with E-state index in [0.717, 1.165) is 41.5 Å². The molecule has 5 aromatic rings. The van der Waals surface area contributed by atoms with E-state index in [1.54, 1.807) is 47.6 Å². The first-order valence-corrected chi connectivity index (χ1v) is 37.9. The molecule has 0 N–H and O–H groups in total. The van der Waals surface area contributed by atoms with Crippen LogP contribution in [0.4, 0.5) is 0 Å². The number of carbonyl (C=O) groups is 2. The number of hydrogen-bond donors (Lipinski definition) is 0. The standard InChI is InChI=1S/C35H46BO8SeSi.C29H42BO8Si/c1-35(2)42-29(31(43-35)23-40-22-25-14-10-8-11-15-25)18-19-32(45-27-16-12-9-13-17-27)28-20-26(39-4)21-30(41-24-38-3)33(28)34(37)44-36-46(5,6)7;1-29(2)36-24(26(37-29)19-34-18-21-12-9-8-10-13-21)15-11-14-22-16-23(33-4)17-25(35-20-32-3)27(22)28(31)38-30-39(5,6)7/h8-17,20-21,29,31-32H,18-19,22-24H2,1-7H3;8-10,12-13,16-17,24,26H,11,14-15,18-20H2,1-7H3/t29-,31?,32?;24-,26?/m00/s1. The van der Waals surface area contributed by atoms with E-state index >= 15 is 0 Å². The van der Waals surface area contributed by atoms with Gasteiger partial charge in [0.2, 0.25) is 0 Å². The van der Waals surface area contributed by atoms with Gasteiger partial charge in [0.15, 0.2) is 12.6 Å². The van der Waals surface area contributed by atoms with Crippen molar-refractivity contribution in [2.75, 3.05) is 55.2 Å². The quantitative estimate of drug-likeness (QED) is 0.0295. The van der Waals surface area contributed by atoms with Crippen LogP contribution >= 0.6 is 0 Å². The molecule has 0 spiro atoms. The fraction of sp³-hybridized carbons (Fsp3) is 0.500. The van der Waals surface area contributed by atoms with Gasteiger partial charge in [0.1, 0.15) is 23.2 Å². The first kappa shape index (κ1) is 69.1. The minimum absolute atomic E-state index is 0.00236. The third-order valence-electron chi connectivity index (χ3n) is 13.2. The molecule has 0 bridgehead atoms. The van der Waals surface area contributed by atoms with Crippen LogP contribution in [0.5, 0.6) is 23.0 Å². The Kier molecular flexibility index (Phi) is 27.1. The van der Waals surface area contributed by atoms with Crippen molar-refractivity contribution in [2.24, 2.45) is 0 Å². The monoisotopic (exact) mass is 1270 g/mol. The maximum Gasteiger partial charge on any atom is 0.354 e. The number of benzene rings is 5. The zero-order valence-corrected chi connectivity index (χ0v) is 55.9. The van der Waals surface area contributed by atoms with E-state index in [2.05, 4.69) is 51.4 Å². The van der Waals surface area contributed by atoms with Gasteiger partial charge in [0, 0.05) is 13.2 Å². The summed E-state index contributed by atoms with van der Waals surface area (Å²) in [7, 11) is 6.12. The Hall–Kier alpha value is -5.00. The van der Waals surface area contributed by atoms with Gasteiger partial charge in [0.25, 0.3) is 0 Å². The molecule has 5 atom stereocenters. The zero-order valence-electron chi connectivity index (χ0n) is 52.2. The normalized spacial score (nSPS) is 18.3. The van der Waals surface area contributed by atoms with Gasteiger partial charge in [0.05, 0.1) is 34.4 Å². The number of ether oxygens (including phenoxy) is 12. The molecule has 0 aromatic heterocycles. The average Bonchev–Trinajstić information content (AvgIpc) is 3.74. The molecule has 16 nitrogen and oxygen atoms in total. The molecule has 2 fully saturated rings. The summed E-state index contributed by atoms with van der Waals surface area (Å²) in [5, 5.41) is 0. The number of rotatable bonds is 32. The van der Waals surface area contributed by atoms with Crippen molar-refractivity contribution in [1.29, 1.82) is 0 Å². The summed E-state index contributed by atoms with van der Waals surface area (Å²) in [6, 6.07) is 37.7. The van der Waals surface area contributed by atoms with Crippen molar-refractivity contribution in [3.05, 3.63) is 149 Å². The smallest absolute Gasteiger partial charge is 0.354 e.